The third kappa shape index (κ3) is 6.06. The van der Waals surface area contributed by atoms with Crippen LogP contribution in [0, 0.1) is 0 Å². The van der Waals surface area contributed by atoms with E-state index in [1.165, 1.54) is 0 Å². The van der Waals surface area contributed by atoms with Gasteiger partial charge in [0.1, 0.15) is 23.8 Å². The number of phosphoric ester groups is 1. The van der Waals surface area contributed by atoms with Crippen molar-refractivity contribution in [2.24, 2.45) is 0 Å². The molecule has 7 atom stereocenters. The van der Waals surface area contributed by atoms with Gasteiger partial charge in [-0.2, -0.15) is 9.29 Å². The molecular formula is C11H14N4O15P3-. The van der Waals surface area contributed by atoms with Crippen molar-refractivity contribution in [2.45, 2.75) is 24.5 Å². The molecule has 0 spiro atoms. The van der Waals surface area contributed by atoms with Gasteiger partial charge in [-0.05, 0) is 0 Å². The first-order valence-corrected chi connectivity index (χ1v) is 12.8. The number of fused-ring (bicyclic) bond motifs is 1. The van der Waals surface area contributed by atoms with Gasteiger partial charge in [0.25, 0.3) is 18.9 Å². The van der Waals surface area contributed by atoms with E-state index in [9.17, 15) is 43.3 Å². The van der Waals surface area contributed by atoms with Gasteiger partial charge < -0.3 is 39.5 Å². The number of imidazole rings is 1. The second-order valence-corrected chi connectivity index (χ2v) is 10.7. The van der Waals surface area contributed by atoms with E-state index in [2.05, 4.69) is 28.1 Å². The quantitative estimate of drug-likeness (QED) is 0.181. The summed E-state index contributed by atoms with van der Waals surface area (Å²) >= 11 is 0. The van der Waals surface area contributed by atoms with Gasteiger partial charge in [-0.1, -0.05) is 0 Å². The van der Waals surface area contributed by atoms with Crippen LogP contribution in [0.5, 0.6) is 0 Å². The van der Waals surface area contributed by atoms with Crippen LogP contribution in [0.1, 0.15) is 6.23 Å². The molecule has 3 rings (SSSR count). The van der Waals surface area contributed by atoms with Crippen LogP contribution in [0.4, 0.5) is 0 Å². The summed E-state index contributed by atoms with van der Waals surface area (Å²) in [6, 6.07) is 0. The summed E-state index contributed by atoms with van der Waals surface area (Å²) in [5, 5.41) is 20.4. The Kier molecular flexibility index (Phi) is 7.20. The Morgan fingerprint density at radius 2 is 1.76 bits per heavy atom. The Labute approximate surface area is 180 Å². The molecule has 19 nitrogen and oxygen atoms in total. The van der Waals surface area contributed by atoms with Crippen molar-refractivity contribution in [3.05, 3.63) is 33.4 Å². The number of hydrogen-bond donors (Lipinski definition) is 6. The van der Waals surface area contributed by atoms with Crippen LogP contribution in [0.3, 0.4) is 0 Å². The van der Waals surface area contributed by atoms with Gasteiger partial charge in [-0.3, -0.25) is 23.2 Å². The maximum absolute atomic E-state index is 12.2. The first kappa shape index (κ1) is 25.9. The number of aliphatic hydroxyl groups excluding tert-OH is 2. The molecule has 184 valence electrons. The lowest BCUT2D eigenvalue weighted by Crippen LogP contribution is -2.33. The first-order chi connectivity index (χ1) is 15.1. The van der Waals surface area contributed by atoms with Crippen molar-refractivity contribution in [3.63, 3.8) is 0 Å². The van der Waals surface area contributed by atoms with Gasteiger partial charge in [-0.25, -0.2) is 18.4 Å². The van der Waals surface area contributed by atoms with Crippen molar-refractivity contribution in [1.82, 2.24) is 19.5 Å². The zero-order chi connectivity index (χ0) is 24.8. The predicted molar refractivity (Wildman–Crippen MR) is 97.9 cm³/mol. The monoisotopic (exact) mass is 535 g/mol. The van der Waals surface area contributed by atoms with E-state index >= 15 is 0 Å². The Balaban J connectivity index is 1.77. The number of phosphoric acid groups is 3. The smallest absolute Gasteiger partial charge is 0.487 e. The van der Waals surface area contributed by atoms with E-state index in [1.54, 1.807) is 0 Å². The van der Waals surface area contributed by atoms with Gasteiger partial charge in [0.2, 0.25) is 0 Å². The molecule has 0 bridgehead atoms. The molecular weight excluding hydrogens is 521 g/mol. The summed E-state index contributed by atoms with van der Waals surface area (Å²) in [5.74, 6) is 0. The SMILES string of the molecule is O=c1nc[nH]c(=O)c2c1ncn2[C@H]1O[C@H](COP(=O)(O)OP(=O)(O)OP(=O)([O-])O)[C@H](O)[C@@H]1O. The van der Waals surface area contributed by atoms with E-state index in [-0.39, 0.29) is 5.52 Å². The molecule has 22 heteroatoms. The van der Waals surface area contributed by atoms with Gasteiger partial charge in [0.05, 0.1) is 19.3 Å². The zero-order valence-electron chi connectivity index (χ0n) is 15.7. The van der Waals surface area contributed by atoms with Crippen molar-refractivity contribution in [1.29, 1.82) is 0 Å². The minimum absolute atomic E-state index is 0.379. The fraction of sp³-hybridized carbons (Fsp3) is 0.455. The number of aliphatic hydroxyl groups is 2. The topological polar surface area (TPSA) is 293 Å². The van der Waals surface area contributed by atoms with E-state index in [0.717, 1.165) is 17.2 Å². The van der Waals surface area contributed by atoms with E-state index < -0.39 is 71.3 Å². The third-order valence-electron chi connectivity index (χ3n) is 4.01. The molecule has 0 aromatic carbocycles. The molecule has 0 aliphatic carbocycles. The van der Waals surface area contributed by atoms with E-state index in [0.29, 0.717) is 0 Å². The molecule has 2 aromatic heterocycles. The summed E-state index contributed by atoms with van der Waals surface area (Å²) in [5.41, 5.74) is -2.52. The fourth-order valence-corrected chi connectivity index (χ4v) is 5.78. The number of nitrogens with zero attached hydrogens (tertiary/aromatic N) is 3. The largest absolute Gasteiger partial charge is 0.756 e. The number of rotatable bonds is 8. The number of ether oxygens (including phenoxy) is 1. The number of aromatic amines is 1. The first-order valence-electron chi connectivity index (χ1n) is 8.33. The maximum Gasteiger partial charge on any atom is 0.487 e. The van der Waals surface area contributed by atoms with Crippen LogP contribution in [-0.4, -0.2) is 69.3 Å². The highest BCUT2D eigenvalue weighted by Gasteiger charge is 2.46. The van der Waals surface area contributed by atoms with Crippen molar-refractivity contribution < 1.29 is 61.4 Å². The Hall–Kier alpha value is -1.69. The van der Waals surface area contributed by atoms with Crippen molar-refractivity contribution in [2.75, 3.05) is 6.61 Å². The normalized spacial score (nSPS) is 28.8. The highest BCUT2D eigenvalue weighted by molar-refractivity contribution is 7.66. The molecule has 2 aromatic rings. The lowest BCUT2D eigenvalue weighted by Gasteiger charge is -2.21. The minimum atomic E-state index is -5.84. The van der Waals surface area contributed by atoms with Crippen LogP contribution in [0.15, 0.2) is 22.2 Å². The molecule has 0 saturated carbocycles. The second-order valence-electron chi connectivity index (χ2n) is 6.30. The average molecular weight is 535 g/mol. The summed E-state index contributed by atoms with van der Waals surface area (Å²) in [6.07, 6.45) is -5.05. The molecule has 1 fully saturated rings. The number of hydrogen-bond acceptors (Lipinski definition) is 14. The molecule has 0 radical (unpaired) electrons. The van der Waals surface area contributed by atoms with Gasteiger partial charge in [-0.15, -0.1) is 0 Å². The Morgan fingerprint density at radius 3 is 2.39 bits per heavy atom. The van der Waals surface area contributed by atoms with Gasteiger partial charge >= 0.3 is 15.6 Å². The molecule has 33 heavy (non-hydrogen) atoms. The fourth-order valence-electron chi connectivity index (χ4n) is 2.78. The highest BCUT2D eigenvalue weighted by atomic mass is 31.3. The molecule has 1 aliphatic heterocycles. The second kappa shape index (κ2) is 9.16. The molecule has 0 amide bonds. The number of nitrogens with one attached hydrogen (secondary N) is 1. The van der Waals surface area contributed by atoms with E-state index in [4.69, 9.17) is 14.5 Å². The van der Waals surface area contributed by atoms with E-state index in [1.807, 2.05) is 0 Å². The molecule has 3 unspecified atom stereocenters. The maximum atomic E-state index is 12.2. The highest BCUT2D eigenvalue weighted by Crippen LogP contribution is 2.65. The number of H-pyrrole nitrogens is 1. The van der Waals surface area contributed by atoms with Crippen molar-refractivity contribution in [3.8, 4) is 0 Å². The summed E-state index contributed by atoms with van der Waals surface area (Å²) in [6.45, 7) is -1.08. The number of aromatic nitrogens is 4. The lowest BCUT2D eigenvalue weighted by atomic mass is 10.1. The molecule has 1 saturated heterocycles. The summed E-state index contributed by atoms with van der Waals surface area (Å²) in [7, 11) is -17.2. The molecule has 1 aliphatic rings. The van der Waals surface area contributed by atoms with Crippen LogP contribution in [0.2, 0.25) is 0 Å². The summed E-state index contributed by atoms with van der Waals surface area (Å²) < 4.78 is 51.1. The van der Waals surface area contributed by atoms with Crippen LogP contribution < -0.4 is 16.0 Å². The Bertz CT molecular complexity index is 1300. The van der Waals surface area contributed by atoms with Crippen LogP contribution in [-0.2, 0) is 31.6 Å². The predicted octanol–water partition coefficient (Wildman–Crippen LogP) is -3.19. The molecule has 6 N–H and O–H groups in total. The third-order valence-corrected chi connectivity index (χ3v) is 7.79. The molecule has 3 heterocycles. The van der Waals surface area contributed by atoms with Crippen molar-refractivity contribution >= 4 is 34.5 Å². The zero-order valence-corrected chi connectivity index (χ0v) is 18.4. The van der Waals surface area contributed by atoms with Crippen LogP contribution in [0.25, 0.3) is 11.0 Å². The van der Waals surface area contributed by atoms with Gasteiger partial charge in [0, 0.05) is 0 Å². The lowest BCUT2D eigenvalue weighted by molar-refractivity contribution is -0.212. The summed E-state index contributed by atoms with van der Waals surface area (Å²) in [4.78, 5) is 70.8. The minimum Gasteiger partial charge on any atom is -0.756 e. The standard InChI is InChI=1S/C11H15N4O15P3/c16-7-4(1-27-32(23,24)30-33(25,26)29-31(20,21)22)28-11(8(7)17)15-3-14-5-6(15)10(19)13-2-12-9(5)18/h2-4,7-8,11,16-17H,1H2,(H,23,24)(H,25,26)(H2,20,21,22)(H,12,13,18,19)/p-1/t4-,7+,8+,11+/m1/s1. The Morgan fingerprint density at radius 1 is 1.09 bits per heavy atom. The van der Waals surface area contributed by atoms with Gasteiger partial charge in [0.15, 0.2) is 11.7 Å². The van der Waals surface area contributed by atoms with Crippen LogP contribution >= 0.6 is 23.5 Å². The average Bonchev–Trinajstić information content (AvgIpc) is 3.15.